The molecule has 4 nitrogen and oxygen atoms in total. The van der Waals surface area contributed by atoms with Crippen LogP contribution in [-0.2, 0) is 6.54 Å². The zero-order valence-electron chi connectivity index (χ0n) is 11.4. The van der Waals surface area contributed by atoms with E-state index in [0.29, 0.717) is 12.4 Å². The lowest BCUT2D eigenvalue weighted by atomic mass is 10.0. The SMILES string of the molecule is NCc1ccc(-c2ccc(Oc3cnccn3)cc2)cc1. The third kappa shape index (κ3) is 3.24. The molecular formula is C17H15N3O. The molecule has 0 radical (unpaired) electrons. The number of rotatable bonds is 4. The minimum absolute atomic E-state index is 0.484. The molecule has 3 aromatic rings. The van der Waals surface area contributed by atoms with Crippen molar-refractivity contribution in [2.75, 3.05) is 0 Å². The van der Waals surface area contributed by atoms with Crippen molar-refractivity contribution in [3.8, 4) is 22.8 Å². The van der Waals surface area contributed by atoms with E-state index in [1.54, 1.807) is 18.6 Å². The van der Waals surface area contributed by atoms with Gasteiger partial charge >= 0.3 is 0 Å². The first-order valence-corrected chi connectivity index (χ1v) is 6.68. The highest BCUT2D eigenvalue weighted by atomic mass is 16.5. The quantitative estimate of drug-likeness (QED) is 0.794. The normalized spacial score (nSPS) is 10.3. The smallest absolute Gasteiger partial charge is 0.237 e. The Bertz CT molecular complexity index is 694. The van der Waals surface area contributed by atoms with Crippen molar-refractivity contribution in [3.63, 3.8) is 0 Å². The van der Waals surface area contributed by atoms with Gasteiger partial charge in [0.05, 0.1) is 6.20 Å². The Labute approximate surface area is 123 Å². The molecule has 0 saturated carbocycles. The van der Waals surface area contributed by atoms with Gasteiger partial charge in [-0.15, -0.1) is 0 Å². The summed E-state index contributed by atoms with van der Waals surface area (Å²) in [5, 5.41) is 0. The van der Waals surface area contributed by atoms with Crippen LogP contribution in [0.25, 0.3) is 11.1 Å². The molecule has 104 valence electrons. The fourth-order valence-corrected chi connectivity index (χ4v) is 2.01. The highest BCUT2D eigenvalue weighted by molar-refractivity contribution is 5.64. The van der Waals surface area contributed by atoms with E-state index < -0.39 is 0 Å². The Morgan fingerprint density at radius 3 is 2.10 bits per heavy atom. The largest absolute Gasteiger partial charge is 0.438 e. The number of benzene rings is 2. The molecule has 3 rings (SSSR count). The van der Waals surface area contributed by atoms with Gasteiger partial charge in [0.15, 0.2) is 0 Å². The monoisotopic (exact) mass is 277 g/mol. The Balaban J connectivity index is 1.77. The van der Waals surface area contributed by atoms with Crippen LogP contribution in [0.1, 0.15) is 5.56 Å². The number of nitrogens with zero attached hydrogens (tertiary/aromatic N) is 2. The van der Waals surface area contributed by atoms with Crippen molar-refractivity contribution >= 4 is 0 Å². The molecule has 0 amide bonds. The minimum atomic E-state index is 0.484. The highest BCUT2D eigenvalue weighted by Gasteiger charge is 2.01. The maximum absolute atomic E-state index is 5.62. The van der Waals surface area contributed by atoms with Crippen LogP contribution < -0.4 is 10.5 Å². The summed E-state index contributed by atoms with van der Waals surface area (Å²) in [5.41, 5.74) is 9.01. The zero-order valence-corrected chi connectivity index (χ0v) is 11.4. The van der Waals surface area contributed by atoms with E-state index in [-0.39, 0.29) is 0 Å². The summed E-state index contributed by atoms with van der Waals surface area (Å²) < 4.78 is 5.62. The third-order valence-electron chi connectivity index (χ3n) is 3.14. The molecular weight excluding hydrogens is 262 g/mol. The summed E-state index contributed by atoms with van der Waals surface area (Å²) in [6.07, 6.45) is 4.79. The summed E-state index contributed by atoms with van der Waals surface area (Å²) in [6, 6.07) is 16.1. The van der Waals surface area contributed by atoms with Crippen molar-refractivity contribution < 1.29 is 4.74 Å². The van der Waals surface area contributed by atoms with E-state index in [2.05, 4.69) is 22.1 Å². The van der Waals surface area contributed by atoms with E-state index in [0.717, 1.165) is 22.4 Å². The number of hydrogen-bond acceptors (Lipinski definition) is 4. The van der Waals surface area contributed by atoms with Crippen LogP contribution in [0.4, 0.5) is 0 Å². The Morgan fingerprint density at radius 2 is 1.52 bits per heavy atom. The summed E-state index contributed by atoms with van der Waals surface area (Å²) in [7, 11) is 0. The molecule has 0 unspecified atom stereocenters. The standard InChI is InChI=1S/C17H15N3O/c18-11-13-1-3-14(4-2-13)15-5-7-16(8-6-15)21-17-12-19-9-10-20-17/h1-10,12H,11,18H2. The van der Waals surface area contributed by atoms with E-state index in [1.807, 2.05) is 36.4 Å². The first kappa shape index (κ1) is 13.3. The summed E-state index contributed by atoms with van der Waals surface area (Å²) in [6.45, 7) is 0.561. The van der Waals surface area contributed by atoms with Crippen LogP contribution in [0.15, 0.2) is 67.1 Å². The van der Waals surface area contributed by atoms with Crippen LogP contribution in [0.2, 0.25) is 0 Å². The Morgan fingerprint density at radius 1 is 0.857 bits per heavy atom. The van der Waals surface area contributed by atoms with Crippen molar-refractivity contribution in [3.05, 3.63) is 72.7 Å². The van der Waals surface area contributed by atoms with Gasteiger partial charge in [-0.1, -0.05) is 36.4 Å². The van der Waals surface area contributed by atoms with Crippen molar-refractivity contribution in [2.45, 2.75) is 6.54 Å². The summed E-state index contributed by atoms with van der Waals surface area (Å²) >= 11 is 0. The van der Waals surface area contributed by atoms with Crippen molar-refractivity contribution in [2.24, 2.45) is 5.73 Å². The van der Waals surface area contributed by atoms with Crippen LogP contribution in [-0.4, -0.2) is 9.97 Å². The average molecular weight is 277 g/mol. The van der Waals surface area contributed by atoms with E-state index in [1.165, 1.54) is 0 Å². The van der Waals surface area contributed by atoms with Gasteiger partial charge in [0.25, 0.3) is 0 Å². The lowest BCUT2D eigenvalue weighted by Gasteiger charge is -2.06. The molecule has 1 aromatic heterocycles. The van der Waals surface area contributed by atoms with Gasteiger partial charge in [0.1, 0.15) is 5.75 Å². The number of hydrogen-bond donors (Lipinski definition) is 1. The van der Waals surface area contributed by atoms with Gasteiger partial charge in [-0.25, -0.2) is 4.98 Å². The molecule has 4 heteroatoms. The Hall–Kier alpha value is -2.72. The van der Waals surface area contributed by atoms with Gasteiger partial charge in [-0.2, -0.15) is 0 Å². The molecule has 0 aliphatic carbocycles. The number of nitrogens with two attached hydrogens (primary N) is 1. The molecule has 0 bridgehead atoms. The molecule has 1 heterocycles. The van der Waals surface area contributed by atoms with Crippen LogP contribution in [0, 0.1) is 0 Å². The zero-order chi connectivity index (χ0) is 14.5. The molecule has 2 aromatic carbocycles. The first-order valence-electron chi connectivity index (χ1n) is 6.68. The Kier molecular flexibility index (Phi) is 3.89. The van der Waals surface area contributed by atoms with E-state index in [9.17, 15) is 0 Å². The number of aromatic nitrogens is 2. The molecule has 0 aliphatic heterocycles. The molecule has 0 fully saturated rings. The summed E-state index contributed by atoms with van der Waals surface area (Å²) in [4.78, 5) is 8.04. The third-order valence-corrected chi connectivity index (χ3v) is 3.14. The summed E-state index contributed by atoms with van der Waals surface area (Å²) in [5.74, 6) is 1.22. The lowest BCUT2D eigenvalue weighted by Crippen LogP contribution is -1.95. The van der Waals surface area contributed by atoms with E-state index in [4.69, 9.17) is 10.5 Å². The molecule has 0 saturated heterocycles. The van der Waals surface area contributed by atoms with Crippen LogP contribution in [0.3, 0.4) is 0 Å². The fourth-order valence-electron chi connectivity index (χ4n) is 2.01. The maximum Gasteiger partial charge on any atom is 0.237 e. The molecule has 0 atom stereocenters. The van der Waals surface area contributed by atoms with Crippen molar-refractivity contribution in [1.29, 1.82) is 0 Å². The molecule has 0 spiro atoms. The van der Waals surface area contributed by atoms with Gasteiger partial charge in [0, 0.05) is 18.9 Å². The highest BCUT2D eigenvalue weighted by Crippen LogP contribution is 2.24. The van der Waals surface area contributed by atoms with E-state index >= 15 is 0 Å². The first-order chi connectivity index (χ1) is 10.3. The second-order valence-electron chi connectivity index (χ2n) is 4.57. The topological polar surface area (TPSA) is 61.0 Å². The molecule has 2 N–H and O–H groups in total. The minimum Gasteiger partial charge on any atom is -0.438 e. The van der Waals surface area contributed by atoms with Gasteiger partial charge in [-0.3, -0.25) is 4.98 Å². The van der Waals surface area contributed by atoms with Crippen molar-refractivity contribution in [1.82, 2.24) is 9.97 Å². The average Bonchev–Trinajstić information content (AvgIpc) is 2.57. The predicted molar refractivity (Wildman–Crippen MR) is 81.9 cm³/mol. The predicted octanol–water partition coefficient (Wildman–Crippen LogP) is 3.39. The lowest BCUT2D eigenvalue weighted by molar-refractivity contribution is 0.460. The van der Waals surface area contributed by atoms with Crippen LogP contribution >= 0.6 is 0 Å². The fraction of sp³-hybridized carbons (Fsp3) is 0.0588. The number of ether oxygens (including phenoxy) is 1. The maximum atomic E-state index is 5.62. The van der Waals surface area contributed by atoms with Gasteiger partial charge in [-0.05, 0) is 28.8 Å². The molecule has 0 aliphatic rings. The van der Waals surface area contributed by atoms with Gasteiger partial charge in [0.2, 0.25) is 5.88 Å². The molecule has 21 heavy (non-hydrogen) atoms. The van der Waals surface area contributed by atoms with Gasteiger partial charge < -0.3 is 10.5 Å². The second-order valence-corrected chi connectivity index (χ2v) is 4.57. The second kappa shape index (κ2) is 6.15. The van der Waals surface area contributed by atoms with Crippen LogP contribution in [0.5, 0.6) is 11.6 Å².